The Bertz CT molecular complexity index is 530. The number of likely N-dealkylation sites (N-methyl/N-ethyl adjacent to an activating group) is 1. The molecule has 0 fully saturated rings. The lowest BCUT2D eigenvalue weighted by atomic mass is 10.0. The molecule has 6 heteroatoms. The molecule has 0 saturated heterocycles. The summed E-state index contributed by atoms with van der Waals surface area (Å²) in [5.41, 5.74) is 0.209. The van der Waals surface area contributed by atoms with Crippen molar-refractivity contribution in [2.45, 2.75) is 25.8 Å². The molecule has 0 bridgehead atoms. The van der Waals surface area contributed by atoms with Crippen LogP contribution in [0, 0.1) is 0 Å². The predicted molar refractivity (Wildman–Crippen MR) is 70.7 cm³/mol. The summed E-state index contributed by atoms with van der Waals surface area (Å²) in [5.74, 6) is -0.0418. The van der Waals surface area contributed by atoms with E-state index in [9.17, 15) is 9.90 Å². The van der Waals surface area contributed by atoms with Crippen LogP contribution in [0.25, 0.3) is 4.96 Å². The molecule has 0 unspecified atom stereocenters. The minimum Gasteiger partial charge on any atom is -0.394 e. The second-order valence-electron chi connectivity index (χ2n) is 4.93. The summed E-state index contributed by atoms with van der Waals surface area (Å²) in [4.78, 5) is 18.9. The molecule has 0 aromatic carbocycles. The lowest BCUT2D eigenvalue weighted by Crippen LogP contribution is -2.48. The zero-order valence-corrected chi connectivity index (χ0v) is 11.6. The molecule has 0 aliphatic rings. The van der Waals surface area contributed by atoms with Gasteiger partial charge in [-0.25, -0.2) is 4.98 Å². The number of carbonyl (C=O) groups is 1. The van der Waals surface area contributed by atoms with Gasteiger partial charge in [-0.2, -0.15) is 0 Å². The van der Waals surface area contributed by atoms with Crippen molar-refractivity contribution in [1.29, 1.82) is 0 Å². The van der Waals surface area contributed by atoms with E-state index in [-0.39, 0.29) is 18.9 Å². The standard InChI is InChI=1S/C12H17N3O2S/c1-12(2,8-16)14(3)10(17)6-9-7-15-4-5-18-11(15)13-9/h4-5,7,16H,6,8H2,1-3H3. The normalized spacial score (nSPS) is 12.0. The summed E-state index contributed by atoms with van der Waals surface area (Å²) in [6.45, 7) is 3.60. The summed E-state index contributed by atoms with van der Waals surface area (Å²) >= 11 is 1.54. The molecule has 2 heterocycles. The fraction of sp³-hybridized carbons (Fsp3) is 0.500. The number of rotatable bonds is 4. The maximum absolute atomic E-state index is 12.1. The van der Waals surface area contributed by atoms with Crippen LogP contribution in [0.1, 0.15) is 19.5 Å². The summed E-state index contributed by atoms with van der Waals surface area (Å²) in [7, 11) is 1.71. The van der Waals surface area contributed by atoms with E-state index in [1.54, 1.807) is 23.3 Å². The largest absolute Gasteiger partial charge is 0.394 e. The van der Waals surface area contributed by atoms with Crippen molar-refractivity contribution in [2.24, 2.45) is 0 Å². The van der Waals surface area contributed by atoms with Gasteiger partial charge >= 0.3 is 0 Å². The van der Waals surface area contributed by atoms with Crippen molar-refractivity contribution < 1.29 is 9.90 Å². The quantitative estimate of drug-likeness (QED) is 0.904. The van der Waals surface area contributed by atoms with Crippen molar-refractivity contribution in [3.05, 3.63) is 23.5 Å². The number of fused-ring (bicyclic) bond motifs is 1. The Morgan fingerprint density at radius 2 is 2.33 bits per heavy atom. The molecule has 0 saturated carbocycles. The molecule has 0 atom stereocenters. The Labute approximate surface area is 110 Å². The molecule has 0 aliphatic heterocycles. The number of amides is 1. The van der Waals surface area contributed by atoms with Crippen LogP contribution in [-0.2, 0) is 11.2 Å². The third-order valence-corrected chi connectivity index (χ3v) is 3.92. The topological polar surface area (TPSA) is 57.8 Å². The summed E-state index contributed by atoms with van der Waals surface area (Å²) in [6.07, 6.45) is 4.04. The Morgan fingerprint density at radius 1 is 1.61 bits per heavy atom. The Morgan fingerprint density at radius 3 is 2.94 bits per heavy atom. The van der Waals surface area contributed by atoms with E-state index in [1.165, 1.54) is 0 Å². The molecule has 0 spiro atoms. The van der Waals surface area contributed by atoms with Gasteiger partial charge in [0.25, 0.3) is 0 Å². The van der Waals surface area contributed by atoms with Gasteiger partial charge in [0.2, 0.25) is 5.91 Å². The number of aliphatic hydroxyl groups is 1. The minimum atomic E-state index is -0.547. The van der Waals surface area contributed by atoms with Crippen molar-refractivity contribution in [3.63, 3.8) is 0 Å². The molecule has 2 aromatic heterocycles. The highest BCUT2D eigenvalue weighted by atomic mass is 32.1. The van der Waals surface area contributed by atoms with Crippen LogP contribution < -0.4 is 0 Å². The Kier molecular flexibility index (Phi) is 3.41. The zero-order chi connectivity index (χ0) is 13.3. The minimum absolute atomic E-state index is 0.0418. The van der Waals surface area contributed by atoms with Gasteiger partial charge in [-0.1, -0.05) is 0 Å². The van der Waals surface area contributed by atoms with E-state index in [0.717, 1.165) is 10.7 Å². The fourth-order valence-corrected chi connectivity index (χ4v) is 2.30. The highest BCUT2D eigenvalue weighted by molar-refractivity contribution is 7.15. The number of hydrogen-bond donors (Lipinski definition) is 1. The lowest BCUT2D eigenvalue weighted by Gasteiger charge is -2.33. The van der Waals surface area contributed by atoms with Crippen LogP contribution in [0.5, 0.6) is 0 Å². The number of nitrogens with zero attached hydrogens (tertiary/aromatic N) is 3. The van der Waals surface area contributed by atoms with Crippen molar-refractivity contribution in [2.75, 3.05) is 13.7 Å². The number of thiazole rings is 1. The van der Waals surface area contributed by atoms with E-state index < -0.39 is 5.54 Å². The summed E-state index contributed by atoms with van der Waals surface area (Å²) < 4.78 is 1.91. The molecular weight excluding hydrogens is 250 g/mol. The van der Waals surface area contributed by atoms with Gasteiger partial charge in [0.1, 0.15) is 0 Å². The molecule has 98 valence electrons. The van der Waals surface area contributed by atoms with Gasteiger partial charge in [0, 0.05) is 24.8 Å². The fourth-order valence-electron chi connectivity index (χ4n) is 1.58. The average molecular weight is 267 g/mol. The van der Waals surface area contributed by atoms with Gasteiger partial charge < -0.3 is 10.0 Å². The SMILES string of the molecule is CN(C(=O)Cc1cn2ccsc2n1)C(C)(C)CO. The monoisotopic (exact) mass is 267 g/mol. The first-order valence-corrected chi connectivity index (χ1v) is 6.60. The van der Waals surface area contributed by atoms with Crippen LogP contribution in [0.2, 0.25) is 0 Å². The Balaban J connectivity index is 2.09. The van der Waals surface area contributed by atoms with Gasteiger partial charge in [-0.3, -0.25) is 9.20 Å². The molecular formula is C12H17N3O2S. The van der Waals surface area contributed by atoms with Crippen LogP contribution in [-0.4, -0.2) is 44.5 Å². The third kappa shape index (κ3) is 2.39. The van der Waals surface area contributed by atoms with Crippen molar-refractivity contribution >= 4 is 22.2 Å². The highest BCUT2D eigenvalue weighted by Gasteiger charge is 2.27. The molecule has 0 radical (unpaired) electrons. The number of aromatic nitrogens is 2. The molecule has 1 amide bonds. The van der Waals surface area contributed by atoms with Gasteiger partial charge in [0.05, 0.1) is 24.3 Å². The molecule has 2 aromatic rings. The maximum Gasteiger partial charge on any atom is 0.228 e. The van der Waals surface area contributed by atoms with Gasteiger partial charge in [-0.15, -0.1) is 11.3 Å². The zero-order valence-electron chi connectivity index (χ0n) is 10.8. The summed E-state index contributed by atoms with van der Waals surface area (Å²) in [5, 5.41) is 11.2. The highest BCUT2D eigenvalue weighted by Crippen LogP contribution is 2.15. The molecule has 5 nitrogen and oxygen atoms in total. The number of imidazole rings is 1. The number of aliphatic hydroxyl groups excluding tert-OH is 1. The molecule has 1 N–H and O–H groups in total. The first-order chi connectivity index (χ1) is 8.44. The van der Waals surface area contributed by atoms with E-state index in [1.807, 2.05) is 36.0 Å². The third-order valence-electron chi connectivity index (χ3n) is 3.14. The maximum atomic E-state index is 12.1. The van der Waals surface area contributed by atoms with E-state index in [0.29, 0.717) is 0 Å². The van der Waals surface area contributed by atoms with E-state index >= 15 is 0 Å². The first kappa shape index (κ1) is 13.0. The van der Waals surface area contributed by atoms with Gasteiger partial charge in [0.15, 0.2) is 4.96 Å². The summed E-state index contributed by atoms with van der Waals surface area (Å²) in [6, 6.07) is 0. The van der Waals surface area contributed by atoms with E-state index in [4.69, 9.17) is 0 Å². The number of hydrogen-bond acceptors (Lipinski definition) is 4. The molecule has 18 heavy (non-hydrogen) atoms. The van der Waals surface area contributed by atoms with Crippen LogP contribution in [0.4, 0.5) is 0 Å². The second-order valence-corrected chi connectivity index (χ2v) is 5.80. The smallest absolute Gasteiger partial charge is 0.228 e. The van der Waals surface area contributed by atoms with Crippen LogP contribution >= 0.6 is 11.3 Å². The van der Waals surface area contributed by atoms with E-state index in [2.05, 4.69) is 4.98 Å². The van der Waals surface area contributed by atoms with Crippen molar-refractivity contribution in [3.8, 4) is 0 Å². The van der Waals surface area contributed by atoms with Gasteiger partial charge in [-0.05, 0) is 13.8 Å². The lowest BCUT2D eigenvalue weighted by molar-refractivity contribution is -0.135. The van der Waals surface area contributed by atoms with Crippen LogP contribution in [0.15, 0.2) is 17.8 Å². The Hall–Kier alpha value is -1.40. The number of carbonyl (C=O) groups excluding carboxylic acids is 1. The second kappa shape index (κ2) is 4.70. The average Bonchev–Trinajstić information content (AvgIpc) is 2.88. The molecule has 0 aliphatic carbocycles. The molecule has 2 rings (SSSR count). The van der Waals surface area contributed by atoms with Crippen molar-refractivity contribution in [1.82, 2.24) is 14.3 Å². The van der Waals surface area contributed by atoms with Crippen LogP contribution in [0.3, 0.4) is 0 Å². The predicted octanol–water partition coefficient (Wildman–Crippen LogP) is 1.17. The first-order valence-electron chi connectivity index (χ1n) is 5.72.